The fourth-order valence-corrected chi connectivity index (χ4v) is 4.59. The van der Waals surface area contributed by atoms with Gasteiger partial charge in [0.1, 0.15) is 11.4 Å². The van der Waals surface area contributed by atoms with Crippen LogP contribution in [0, 0.1) is 0 Å². The summed E-state index contributed by atoms with van der Waals surface area (Å²) in [5, 5.41) is 8.35. The maximum atomic E-state index is 12.8. The lowest BCUT2D eigenvalue weighted by Crippen LogP contribution is -2.19. The highest BCUT2D eigenvalue weighted by molar-refractivity contribution is 7.22. The lowest BCUT2D eigenvalue weighted by Gasteiger charge is -2.15. The van der Waals surface area contributed by atoms with Gasteiger partial charge in [-0.3, -0.25) is 9.59 Å². The lowest BCUT2D eigenvalue weighted by molar-refractivity contribution is -0.117. The van der Waals surface area contributed by atoms with Gasteiger partial charge in [0.05, 0.1) is 28.8 Å². The van der Waals surface area contributed by atoms with Crippen LogP contribution in [-0.4, -0.2) is 28.9 Å². The Kier molecular flexibility index (Phi) is 6.17. The van der Waals surface area contributed by atoms with Crippen molar-refractivity contribution in [2.45, 2.75) is 12.8 Å². The molecule has 4 aromatic rings. The highest BCUT2D eigenvalue weighted by Crippen LogP contribution is 2.32. The molecular formula is C21H17ClN4O3S2. The first kappa shape index (κ1) is 21.2. The van der Waals surface area contributed by atoms with E-state index >= 15 is 0 Å². The molecule has 0 saturated carbocycles. The van der Waals surface area contributed by atoms with Crippen LogP contribution in [0.3, 0.4) is 0 Å². The number of thiazole rings is 2. The molecule has 0 fully saturated rings. The second-order valence-electron chi connectivity index (χ2n) is 6.63. The molecule has 0 aliphatic rings. The molecule has 2 aromatic carbocycles. The van der Waals surface area contributed by atoms with Crippen LogP contribution in [0.1, 0.15) is 28.9 Å². The quantitative estimate of drug-likeness (QED) is 0.391. The molecule has 4 rings (SSSR count). The normalized spacial score (nSPS) is 11.8. The summed E-state index contributed by atoms with van der Waals surface area (Å²) in [6.45, 7) is 1.78. The molecule has 0 spiro atoms. The molecule has 10 heteroatoms. The molecular weight excluding hydrogens is 456 g/mol. The molecule has 2 heterocycles. The number of fused-ring (bicyclic) bond motifs is 1. The molecule has 0 aliphatic heterocycles. The Balaban J connectivity index is 1.50. The third kappa shape index (κ3) is 4.68. The first-order valence-corrected chi connectivity index (χ1v) is 11.3. The fourth-order valence-electron chi connectivity index (χ4n) is 2.97. The zero-order valence-corrected chi connectivity index (χ0v) is 18.9. The van der Waals surface area contributed by atoms with E-state index in [1.165, 1.54) is 22.7 Å². The van der Waals surface area contributed by atoms with Gasteiger partial charge in [0.25, 0.3) is 5.91 Å². The third-order valence-electron chi connectivity index (χ3n) is 4.59. The first-order valence-electron chi connectivity index (χ1n) is 9.19. The van der Waals surface area contributed by atoms with Crippen molar-refractivity contribution in [3.8, 4) is 5.75 Å². The number of carbonyl (C=O) groups excluding carboxylic acids is 2. The number of amides is 2. The third-order valence-corrected chi connectivity index (χ3v) is 6.35. The Hall–Kier alpha value is -3.01. The van der Waals surface area contributed by atoms with Gasteiger partial charge in [0.15, 0.2) is 5.13 Å². The molecule has 0 saturated heterocycles. The minimum Gasteiger partial charge on any atom is -0.496 e. The number of hydrogen-bond donors (Lipinski definition) is 2. The Morgan fingerprint density at radius 1 is 1.16 bits per heavy atom. The van der Waals surface area contributed by atoms with Crippen molar-refractivity contribution in [3.63, 3.8) is 0 Å². The van der Waals surface area contributed by atoms with Crippen molar-refractivity contribution in [2.24, 2.45) is 0 Å². The summed E-state index contributed by atoms with van der Waals surface area (Å²) in [7, 11) is 1.55. The zero-order valence-electron chi connectivity index (χ0n) is 16.5. The second kappa shape index (κ2) is 9.01. The van der Waals surface area contributed by atoms with Crippen molar-refractivity contribution >= 4 is 67.1 Å². The number of hydrogen-bond acceptors (Lipinski definition) is 7. The van der Waals surface area contributed by atoms with Gasteiger partial charge in [-0.25, -0.2) is 9.97 Å². The van der Waals surface area contributed by atoms with Crippen LogP contribution in [0.5, 0.6) is 5.75 Å². The van der Waals surface area contributed by atoms with Crippen molar-refractivity contribution < 1.29 is 14.3 Å². The summed E-state index contributed by atoms with van der Waals surface area (Å²) in [5.41, 5.74) is 4.02. The smallest absolute Gasteiger partial charge is 0.275 e. The van der Waals surface area contributed by atoms with Gasteiger partial charge in [-0.2, -0.15) is 0 Å². The molecule has 31 heavy (non-hydrogen) atoms. The molecule has 0 radical (unpaired) electrons. The van der Waals surface area contributed by atoms with Crippen molar-refractivity contribution in [2.75, 3.05) is 17.7 Å². The molecule has 2 aromatic heterocycles. The first-order chi connectivity index (χ1) is 14.9. The van der Waals surface area contributed by atoms with Gasteiger partial charge in [-0.15, -0.1) is 11.3 Å². The minimum atomic E-state index is -0.492. The maximum absolute atomic E-state index is 12.8. The van der Waals surface area contributed by atoms with Crippen molar-refractivity contribution in [3.05, 3.63) is 63.6 Å². The van der Waals surface area contributed by atoms with Gasteiger partial charge in [0.2, 0.25) is 5.91 Å². The van der Waals surface area contributed by atoms with Crippen LogP contribution in [0.25, 0.3) is 10.2 Å². The molecule has 2 N–H and O–H groups in total. The van der Waals surface area contributed by atoms with Crippen LogP contribution in [0.15, 0.2) is 47.3 Å². The van der Waals surface area contributed by atoms with Crippen LogP contribution >= 0.6 is 34.3 Å². The van der Waals surface area contributed by atoms with E-state index in [4.69, 9.17) is 16.3 Å². The molecule has 2 amide bonds. The Morgan fingerprint density at radius 2 is 2.00 bits per heavy atom. The van der Waals surface area contributed by atoms with E-state index in [-0.39, 0.29) is 11.8 Å². The number of carbonyl (C=O) groups is 2. The van der Waals surface area contributed by atoms with Crippen LogP contribution in [0.4, 0.5) is 10.8 Å². The predicted molar refractivity (Wildman–Crippen MR) is 125 cm³/mol. The average Bonchev–Trinajstić information content (AvgIpc) is 3.42. The second-order valence-corrected chi connectivity index (χ2v) is 8.81. The largest absolute Gasteiger partial charge is 0.496 e. The maximum Gasteiger partial charge on any atom is 0.275 e. The molecule has 1 atom stereocenters. The average molecular weight is 473 g/mol. The number of ether oxygens (including phenoxy) is 1. The van der Waals surface area contributed by atoms with Crippen LogP contribution < -0.4 is 15.4 Å². The number of nitrogens with zero attached hydrogens (tertiary/aromatic N) is 2. The van der Waals surface area contributed by atoms with Crippen LogP contribution in [-0.2, 0) is 4.79 Å². The van der Waals surface area contributed by atoms with Gasteiger partial charge in [0, 0.05) is 21.7 Å². The SMILES string of the molecule is COc1ccc(Cl)cc1C(C)C(=O)Nc1nc2ccc(NC(=O)c3cscn3)cc2s1. The lowest BCUT2D eigenvalue weighted by atomic mass is 9.99. The van der Waals surface area contributed by atoms with Gasteiger partial charge >= 0.3 is 0 Å². The Labute approximate surface area is 191 Å². The monoisotopic (exact) mass is 472 g/mol. The summed E-state index contributed by atoms with van der Waals surface area (Å²) < 4.78 is 6.18. The number of benzene rings is 2. The Morgan fingerprint density at radius 3 is 2.74 bits per heavy atom. The summed E-state index contributed by atoms with van der Waals surface area (Å²) in [6, 6.07) is 10.5. The number of halogens is 1. The predicted octanol–water partition coefficient (Wildman–Crippen LogP) is 5.41. The summed E-state index contributed by atoms with van der Waals surface area (Å²) in [4.78, 5) is 33.5. The van der Waals surface area contributed by atoms with Crippen molar-refractivity contribution in [1.82, 2.24) is 9.97 Å². The molecule has 1 unspecified atom stereocenters. The fraction of sp³-hybridized carbons (Fsp3) is 0.143. The summed E-state index contributed by atoms with van der Waals surface area (Å²) >= 11 is 8.77. The van der Waals surface area contributed by atoms with E-state index in [2.05, 4.69) is 20.6 Å². The van der Waals surface area contributed by atoms with E-state index in [0.29, 0.717) is 32.8 Å². The highest BCUT2D eigenvalue weighted by Gasteiger charge is 2.21. The number of aromatic nitrogens is 2. The molecule has 0 aliphatic carbocycles. The number of anilines is 2. The number of rotatable bonds is 6. The number of methoxy groups -OCH3 is 1. The van der Waals surface area contributed by atoms with Crippen molar-refractivity contribution in [1.29, 1.82) is 0 Å². The standard InChI is InChI=1S/C21H17ClN4O3S2/c1-11(14-7-12(22)3-6-17(14)29-2)19(27)26-21-25-15-5-4-13(8-18(15)31-21)24-20(28)16-9-30-10-23-16/h3-11H,1-2H3,(H,24,28)(H,25,26,27). The topological polar surface area (TPSA) is 93.2 Å². The van der Waals surface area contributed by atoms with Crippen LogP contribution in [0.2, 0.25) is 5.02 Å². The highest BCUT2D eigenvalue weighted by atomic mass is 35.5. The van der Waals surface area contributed by atoms with E-state index in [0.717, 1.165) is 10.2 Å². The van der Waals surface area contributed by atoms with Gasteiger partial charge < -0.3 is 15.4 Å². The molecule has 7 nitrogen and oxygen atoms in total. The van der Waals surface area contributed by atoms with Gasteiger partial charge in [-0.1, -0.05) is 22.9 Å². The Bertz CT molecular complexity index is 1260. The van der Waals surface area contributed by atoms with E-state index in [1.54, 1.807) is 55.3 Å². The molecule has 0 bridgehead atoms. The van der Waals surface area contributed by atoms with E-state index in [1.807, 2.05) is 6.07 Å². The van der Waals surface area contributed by atoms with E-state index in [9.17, 15) is 9.59 Å². The zero-order chi connectivity index (χ0) is 22.0. The number of nitrogens with one attached hydrogen (secondary N) is 2. The minimum absolute atomic E-state index is 0.225. The summed E-state index contributed by atoms with van der Waals surface area (Å²) in [5.74, 6) is -0.398. The summed E-state index contributed by atoms with van der Waals surface area (Å²) in [6.07, 6.45) is 0. The van der Waals surface area contributed by atoms with E-state index < -0.39 is 5.92 Å². The van der Waals surface area contributed by atoms with Gasteiger partial charge in [-0.05, 0) is 43.3 Å². The molecule has 158 valence electrons.